The minimum atomic E-state index is 0.216. The molecule has 2 N–H and O–H groups in total. The number of phenols is 1. The molecule has 1 aliphatic carbocycles. The van der Waals surface area contributed by atoms with Crippen LogP contribution in [-0.4, -0.2) is 61.1 Å². The number of rotatable bonds is 7. The predicted molar refractivity (Wildman–Crippen MR) is 111 cm³/mol. The molecular weight excluding hydrogens is 354 g/mol. The number of aromatic hydroxyl groups is 1. The molecule has 0 unspecified atom stereocenters. The van der Waals surface area contributed by atoms with E-state index in [-0.39, 0.29) is 11.3 Å². The van der Waals surface area contributed by atoms with Crippen LogP contribution in [0.5, 0.6) is 5.75 Å². The molecule has 0 radical (unpaired) electrons. The van der Waals surface area contributed by atoms with Crippen LogP contribution in [0, 0.1) is 6.57 Å². The number of likely N-dealkylation sites (tertiary alicyclic amines) is 1. The summed E-state index contributed by atoms with van der Waals surface area (Å²) in [5.41, 5.74) is 1.49. The van der Waals surface area contributed by atoms with Crippen molar-refractivity contribution in [3.8, 4) is 5.75 Å². The quantitative estimate of drug-likeness (QED) is 0.417. The summed E-state index contributed by atoms with van der Waals surface area (Å²) in [7, 11) is 1.71. The molecule has 1 saturated carbocycles. The van der Waals surface area contributed by atoms with E-state index in [1.165, 1.54) is 12.8 Å². The Morgan fingerprint density at radius 1 is 1.21 bits per heavy atom. The molecule has 0 aromatic heterocycles. The number of hydrogen-bond acceptors (Lipinski definition) is 5. The van der Waals surface area contributed by atoms with E-state index < -0.39 is 0 Å². The van der Waals surface area contributed by atoms with Crippen molar-refractivity contribution in [1.82, 2.24) is 4.90 Å². The summed E-state index contributed by atoms with van der Waals surface area (Å²) in [5, 5.41) is 13.5. The average molecular weight is 388 g/mol. The van der Waals surface area contributed by atoms with Crippen LogP contribution in [-0.2, 0) is 9.47 Å². The maximum Gasteiger partial charge on any atom is 0.189 e. The number of nitrogens with one attached hydrogen (secondary N) is 1. The lowest BCUT2D eigenvalue weighted by Crippen LogP contribution is -2.53. The van der Waals surface area contributed by atoms with Crippen LogP contribution < -0.4 is 5.32 Å². The molecule has 0 bridgehead atoms. The number of benzene rings is 1. The number of hydrogen-bond donors (Lipinski definition) is 2. The van der Waals surface area contributed by atoms with Crippen molar-refractivity contribution in [1.29, 1.82) is 0 Å². The van der Waals surface area contributed by atoms with Crippen LogP contribution >= 0.6 is 0 Å². The lowest BCUT2D eigenvalue weighted by Gasteiger charge is -2.48. The fourth-order valence-corrected chi connectivity index (χ4v) is 4.49. The smallest absolute Gasteiger partial charge is 0.189 e. The molecule has 1 heterocycles. The highest BCUT2D eigenvalue weighted by Gasteiger charge is 2.38. The van der Waals surface area contributed by atoms with Gasteiger partial charge < -0.3 is 19.9 Å². The zero-order valence-corrected chi connectivity index (χ0v) is 17.1. The van der Waals surface area contributed by atoms with Gasteiger partial charge in [-0.3, -0.25) is 4.90 Å². The van der Waals surface area contributed by atoms with Crippen molar-refractivity contribution in [2.45, 2.75) is 63.1 Å². The van der Waals surface area contributed by atoms with Gasteiger partial charge in [-0.2, -0.15) is 0 Å². The van der Waals surface area contributed by atoms with Gasteiger partial charge >= 0.3 is 0 Å². The Morgan fingerprint density at radius 2 is 1.93 bits per heavy atom. The summed E-state index contributed by atoms with van der Waals surface area (Å²) in [6, 6.07) is 5.31. The molecule has 1 saturated heterocycles. The maximum atomic E-state index is 10.1. The molecule has 2 aliphatic rings. The standard InChI is InChI=1S/C22H33N3O3/c1-22(10-6-19(7-11-22)28-15-14-27-3)25-12-8-17(9-13-25)24-20-16-18(23-2)4-5-21(20)26/h4-5,16-17,19,24,26H,6-15H2,1,3H3. The van der Waals surface area contributed by atoms with Crippen molar-refractivity contribution in [3.63, 3.8) is 0 Å². The molecule has 28 heavy (non-hydrogen) atoms. The Morgan fingerprint density at radius 3 is 2.57 bits per heavy atom. The van der Waals surface area contributed by atoms with E-state index in [1.807, 2.05) is 0 Å². The summed E-state index contributed by atoms with van der Waals surface area (Å²) in [6.07, 6.45) is 7.06. The second-order valence-electron chi connectivity index (χ2n) is 8.28. The zero-order chi connectivity index (χ0) is 20.0. The first-order chi connectivity index (χ1) is 13.5. The predicted octanol–water partition coefficient (Wildman–Crippen LogP) is 4.18. The third kappa shape index (κ3) is 5.16. The van der Waals surface area contributed by atoms with Crippen molar-refractivity contribution in [2.24, 2.45) is 0 Å². The van der Waals surface area contributed by atoms with Crippen LogP contribution in [0.25, 0.3) is 4.85 Å². The minimum absolute atomic E-state index is 0.216. The summed E-state index contributed by atoms with van der Waals surface area (Å²) < 4.78 is 11.0. The fourth-order valence-electron chi connectivity index (χ4n) is 4.49. The largest absolute Gasteiger partial charge is 0.506 e. The molecule has 6 nitrogen and oxygen atoms in total. The number of ether oxygens (including phenoxy) is 2. The zero-order valence-electron chi connectivity index (χ0n) is 17.1. The SMILES string of the molecule is [C-]#[N+]c1ccc(O)c(NC2CCN(C3(C)CCC(OCCOC)CC3)CC2)c1. The lowest BCUT2D eigenvalue weighted by atomic mass is 9.79. The molecule has 1 aromatic rings. The first-order valence-electron chi connectivity index (χ1n) is 10.4. The van der Waals surface area contributed by atoms with Crippen molar-refractivity contribution < 1.29 is 14.6 Å². The molecule has 1 aliphatic heterocycles. The van der Waals surface area contributed by atoms with Crippen molar-refractivity contribution in [2.75, 3.05) is 38.7 Å². The second kappa shape index (κ2) is 9.60. The third-order valence-electron chi connectivity index (χ3n) is 6.38. The summed E-state index contributed by atoms with van der Waals surface area (Å²) in [6.45, 7) is 13.0. The Labute approximate surface area is 168 Å². The van der Waals surface area contributed by atoms with E-state index in [0.717, 1.165) is 38.8 Å². The fraction of sp³-hybridized carbons (Fsp3) is 0.682. The van der Waals surface area contributed by atoms with E-state index in [9.17, 15) is 5.11 Å². The van der Waals surface area contributed by atoms with Gasteiger partial charge in [-0.05, 0) is 57.6 Å². The van der Waals surface area contributed by atoms with Gasteiger partial charge in [0.05, 0.1) is 31.6 Å². The first kappa shape index (κ1) is 20.9. The summed E-state index contributed by atoms with van der Waals surface area (Å²) in [4.78, 5) is 6.10. The number of phenolic OH excluding ortho intramolecular Hbond substituents is 1. The third-order valence-corrected chi connectivity index (χ3v) is 6.38. The van der Waals surface area contributed by atoms with Crippen LogP contribution in [0.2, 0.25) is 0 Å². The van der Waals surface area contributed by atoms with Gasteiger partial charge in [0.2, 0.25) is 0 Å². The number of methoxy groups -OCH3 is 1. The first-order valence-corrected chi connectivity index (χ1v) is 10.4. The van der Waals surface area contributed by atoms with Crippen LogP contribution in [0.3, 0.4) is 0 Å². The van der Waals surface area contributed by atoms with E-state index in [2.05, 4.69) is 22.0 Å². The number of anilines is 1. The Balaban J connectivity index is 1.47. The van der Waals surface area contributed by atoms with Crippen molar-refractivity contribution in [3.05, 3.63) is 29.6 Å². The highest BCUT2D eigenvalue weighted by Crippen LogP contribution is 2.37. The van der Waals surface area contributed by atoms with Gasteiger partial charge in [-0.25, -0.2) is 4.85 Å². The Hall–Kier alpha value is -1.81. The van der Waals surface area contributed by atoms with Gasteiger partial charge in [0.1, 0.15) is 5.75 Å². The Bertz CT molecular complexity index is 672. The molecule has 0 atom stereocenters. The molecule has 1 aromatic carbocycles. The van der Waals surface area contributed by atoms with Crippen LogP contribution in [0.4, 0.5) is 11.4 Å². The highest BCUT2D eigenvalue weighted by atomic mass is 16.5. The van der Waals surface area contributed by atoms with E-state index >= 15 is 0 Å². The van der Waals surface area contributed by atoms with Gasteiger partial charge in [0, 0.05) is 31.8 Å². The lowest BCUT2D eigenvalue weighted by molar-refractivity contribution is -0.0398. The monoisotopic (exact) mass is 387 g/mol. The van der Waals surface area contributed by atoms with Gasteiger partial charge in [-0.1, -0.05) is 6.07 Å². The molecule has 3 rings (SSSR count). The minimum Gasteiger partial charge on any atom is -0.506 e. The molecular formula is C22H33N3O3. The van der Waals surface area contributed by atoms with Crippen LogP contribution in [0.1, 0.15) is 45.4 Å². The molecule has 6 heteroatoms. The normalized spacial score (nSPS) is 26.7. The van der Waals surface area contributed by atoms with Crippen LogP contribution in [0.15, 0.2) is 18.2 Å². The molecule has 2 fully saturated rings. The second-order valence-corrected chi connectivity index (χ2v) is 8.28. The topological polar surface area (TPSA) is 58.3 Å². The van der Waals surface area contributed by atoms with Crippen molar-refractivity contribution >= 4 is 11.4 Å². The number of nitrogens with zero attached hydrogens (tertiary/aromatic N) is 2. The van der Waals surface area contributed by atoms with Gasteiger partial charge in [0.25, 0.3) is 0 Å². The van der Waals surface area contributed by atoms with E-state index in [4.69, 9.17) is 16.0 Å². The van der Waals surface area contributed by atoms with Gasteiger partial charge in [-0.15, -0.1) is 0 Å². The van der Waals surface area contributed by atoms with E-state index in [0.29, 0.717) is 36.7 Å². The van der Waals surface area contributed by atoms with Gasteiger partial charge in [0.15, 0.2) is 5.69 Å². The van der Waals surface area contributed by atoms with E-state index in [1.54, 1.807) is 25.3 Å². The maximum absolute atomic E-state index is 10.1. The average Bonchev–Trinajstić information content (AvgIpc) is 2.72. The Kier molecular flexibility index (Phi) is 7.17. The number of piperidine rings is 1. The highest BCUT2D eigenvalue weighted by molar-refractivity contribution is 5.65. The molecule has 154 valence electrons. The molecule has 0 spiro atoms. The summed E-state index contributed by atoms with van der Waals surface area (Å²) in [5.74, 6) is 0.216. The summed E-state index contributed by atoms with van der Waals surface area (Å²) >= 11 is 0. The molecule has 0 amide bonds.